The fraction of sp³-hybridized carbons (Fsp3) is 0.286. The Kier molecular flexibility index (Phi) is 7.70. The summed E-state index contributed by atoms with van der Waals surface area (Å²) in [4.78, 5) is 14.8. The molecule has 0 unspecified atom stereocenters. The van der Waals surface area contributed by atoms with Crippen LogP contribution in [0.1, 0.15) is 11.1 Å². The summed E-state index contributed by atoms with van der Waals surface area (Å²) in [5.41, 5.74) is 8.41. The van der Waals surface area contributed by atoms with Crippen molar-refractivity contribution >= 4 is 24.4 Å². The quantitative estimate of drug-likeness (QED) is 0.792. The maximum Gasteiger partial charge on any atom is 0.253 e. The van der Waals surface area contributed by atoms with E-state index in [0.29, 0.717) is 25.2 Å². The molecule has 2 aromatic rings. The number of hydrogen-bond acceptors (Lipinski definition) is 4. The van der Waals surface area contributed by atoms with E-state index < -0.39 is 0 Å². The summed E-state index contributed by atoms with van der Waals surface area (Å²) in [7, 11) is 1.62. The van der Waals surface area contributed by atoms with Gasteiger partial charge in [-0.05, 0) is 36.3 Å². The van der Waals surface area contributed by atoms with Crippen molar-refractivity contribution in [2.24, 2.45) is 5.73 Å². The Labute approximate surface area is 166 Å². The van der Waals surface area contributed by atoms with Crippen LogP contribution in [0.3, 0.4) is 0 Å². The lowest BCUT2D eigenvalue weighted by Crippen LogP contribution is -2.39. The molecule has 1 heterocycles. The number of carbonyl (C=O) groups is 1. The molecule has 0 fully saturated rings. The molecule has 0 radical (unpaired) electrons. The van der Waals surface area contributed by atoms with E-state index in [1.54, 1.807) is 12.0 Å². The highest BCUT2D eigenvalue weighted by Gasteiger charge is 2.22. The monoisotopic (exact) mass is 388 g/mol. The van der Waals surface area contributed by atoms with Crippen LogP contribution in [0.25, 0.3) is 6.08 Å². The highest BCUT2D eigenvalue weighted by molar-refractivity contribution is 5.99. The lowest BCUT2D eigenvalue weighted by atomic mass is 10.1. The number of nitrogens with zero attached hydrogens (tertiary/aromatic N) is 1. The maximum atomic E-state index is 13.0. The van der Waals surface area contributed by atoms with Gasteiger partial charge in [0.1, 0.15) is 18.1 Å². The second-order valence-corrected chi connectivity index (χ2v) is 6.18. The Bertz CT molecular complexity index is 793. The number of hydrogen-bond donors (Lipinski definition) is 1. The number of benzene rings is 2. The smallest absolute Gasteiger partial charge is 0.253 e. The molecule has 0 aliphatic carbocycles. The average molecular weight is 389 g/mol. The second-order valence-electron chi connectivity index (χ2n) is 6.18. The van der Waals surface area contributed by atoms with Gasteiger partial charge in [-0.15, -0.1) is 12.4 Å². The molecule has 2 aromatic carbocycles. The van der Waals surface area contributed by atoms with Crippen molar-refractivity contribution in [2.75, 3.05) is 33.4 Å². The largest absolute Gasteiger partial charge is 0.497 e. The van der Waals surface area contributed by atoms with Crippen LogP contribution < -0.4 is 15.2 Å². The molecule has 0 saturated heterocycles. The average Bonchev–Trinajstić information content (AvgIpc) is 2.70. The Morgan fingerprint density at radius 1 is 1.19 bits per heavy atom. The minimum absolute atomic E-state index is 0. The van der Waals surface area contributed by atoms with E-state index >= 15 is 0 Å². The molecule has 2 N–H and O–H groups in total. The summed E-state index contributed by atoms with van der Waals surface area (Å²) in [6.45, 7) is 1.85. The van der Waals surface area contributed by atoms with Crippen LogP contribution in [-0.2, 0) is 11.2 Å². The van der Waals surface area contributed by atoms with Gasteiger partial charge >= 0.3 is 0 Å². The first kappa shape index (κ1) is 20.8. The number of ether oxygens (including phenoxy) is 2. The standard InChI is InChI=1S/C21H24N2O3.ClH/c1-25-19-7-8-20-17(14-19)13-18(15-26-20)21(24)23(12-10-22)11-9-16-5-3-2-4-6-16;/h2-8,13-14H,9-12,15,22H2,1H3;1H. The minimum Gasteiger partial charge on any atom is -0.497 e. The van der Waals surface area contributed by atoms with E-state index in [0.717, 1.165) is 23.5 Å². The SMILES string of the molecule is COc1ccc2c(c1)C=C(C(=O)N(CCN)CCc1ccccc1)CO2.Cl. The number of nitrogens with two attached hydrogens (primary N) is 1. The van der Waals surface area contributed by atoms with Gasteiger partial charge < -0.3 is 20.1 Å². The first-order valence-corrected chi connectivity index (χ1v) is 8.76. The lowest BCUT2D eigenvalue weighted by molar-refractivity contribution is -0.127. The van der Waals surface area contributed by atoms with E-state index in [4.69, 9.17) is 15.2 Å². The Balaban J connectivity index is 0.00000261. The van der Waals surface area contributed by atoms with Crippen LogP contribution >= 0.6 is 12.4 Å². The predicted octanol–water partition coefficient (Wildman–Crippen LogP) is 2.92. The summed E-state index contributed by atoms with van der Waals surface area (Å²) in [6.07, 6.45) is 2.68. The molecule has 5 nitrogen and oxygen atoms in total. The molecule has 0 bridgehead atoms. The third kappa shape index (κ3) is 5.25. The first-order chi connectivity index (χ1) is 12.7. The summed E-state index contributed by atoms with van der Waals surface area (Å²) >= 11 is 0. The molecule has 0 saturated carbocycles. The zero-order chi connectivity index (χ0) is 18.4. The number of carbonyl (C=O) groups excluding carboxylic acids is 1. The number of fused-ring (bicyclic) bond motifs is 1. The van der Waals surface area contributed by atoms with Crippen LogP contribution in [-0.4, -0.2) is 44.2 Å². The van der Waals surface area contributed by atoms with E-state index in [1.165, 1.54) is 5.56 Å². The minimum atomic E-state index is -0.0279. The van der Waals surface area contributed by atoms with Crippen molar-refractivity contribution in [3.63, 3.8) is 0 Å². The number of rotatable bonds is 7. The van der Waals surface area contributed by atoms with Gasteiger partial charge in [0.2, 0.25) is 0 Å². The molecule has 1 amide bonds. The topological polar surface area (TPSA) is 64.8 Å². The van der Waals surface area contributed by atoms with Crippen LogP contribution in [0.5, 0.6) is 11.5 Å². The predicted molar refractivity (Wildman–Crippen MR) is 109 cm³/mol. The highest BCUT2D eigenvalue weighted by atomic mass is 35.5. The number of amides is 1. The van der Waals surface area contributed by atoms with E-state index in [-0.39, 0.29) is 24.9 Å². The fourth-order valence-corrected chi connectivity index (χ4v) is 2.99. The Morgan fingerprint density at radius 3 is 2.67 bits per heavy atom. The van der Waals surface area contributed by atoms with Crippen LogP contribution in [0, 0.1) is 0 Å². The normalized spacial score (nSPS) is 12.1. The van der Waals surface area contributed by atoms with Crippen molar-refractivity contribution in [1.82, 2.24) is 4.90 Å². The molecule has 144 valence electrons. The van der Waals surface area contributed by atoms with E-state index in [1.807, 2.05) is 42.5 Å². The summed E-state index contributed by atoms with van der Waals surface area (Å²) in [6, 6.07) is 15.7. The van der Waals surface area contributed by atoms with Crippen molar-refractivity contribution < 1.29 is 14.3 Å². The number of methoxy groups -OCH3 is 1. The summed E-state index contributed by atoms with van der Waals surface area (Å²) < 4.78 is 11.0. The molecule has 0 aromatic heterocycles. The van der Waals surface area contributed by atoms with Crippen molar-refractivity contribution in [1.29, 1.82) is 0 Å². The van der Waals surface area contributed by atoms with Crippen LogP contribution in [0.15, 0.2) is 54.1 Å². The molecule has 0 spiro atoms. The van der Waals surface area contributed by atoms with Gasteiger partial charge in [0, 0.05) is 25.2 Å². The molecule has 6 heteroatoms. The molecule has 27 heavy (non-hydrogen) atoms. The Hall–Kier alpha value is -2.50. The highest BCUT2D eigenvalue weighted by Crippen LogP contribution is 2.30. The summed E-state index contributed by atoms with van der Waals surface area (Å²) in [5.74, 6) is 1.47. The van der Waals surface area contributed by atoms with Crippen molar-refractivity contribution in [3.8, 4) is 11.5 Å². The zero-order valence-corrected chi connectivity index (χ0v) is 16.2. The maximum absolute atomic E-state index is 13.0. The van der Waals surface area contributed by atoms with Gasteiger partial charge in [-0.3, -0.25) is 4.79 Å². The third-order valence-electron chi connectivity index (χ3n) is 4.40. The third-order valence-corrected chi connectivity index (χ3v) is 4.40. The van der Waals surface area contributed by atoms with E-state index in [2.05, 4.69) is 12.1 Å². The second kappa shape index (κ2) is 10.00. The molecule has 0 atom stereocenters. The Morgan fingerprint density at radius 2 is 1.96 bits per heavy atom. The van der Waals surface area contributed by atoms with E-state index in [9.17, 15) is 4.79 Å². The molecular formula is C21H25ClN2O3. The van der Waals surface area contributed by atoms with Gasteiger partial charge in [0.15, 0.2) is 0 Å². The van der Waals surface area contributed by atoms with Gasteiger partial charge in [-0.1, -0.05) is 30.3 Å². The number of halogens is 1. The molecule has 1 aliphatic rings. The fourth-order valence-electron chi connectivity index (χ4n) is 2.99. The van der Waals surface area contributed by atoms with Gasteiger partial charge in [-0.25, -0.2) is 0 Å². The lowest BCUT2D eigenvalue weighted by Gasteiger charge is -2.25. The van der Waals surface area contributed by atoms with Crippen molar-refractivity contribution in [2.45, 2.75) is 6.42 Å². The molecule has 3 rings (SSSR count). The van der Waals surface area contributed by atoms with Crippen molar-refractivity contribution in [3.05, 3.63) is 65.2 Å². The van der Waals surface area contributed by atoms with Gasteiger partial charge in [0.05, 0.1) is 12.7 Å². The van der Waals surface area contributed by atoms with Gasteiger partial charge in [0.25, 0.3) is 5.91 Å². The molecule has 1 aliphatic heterocycles. The van der Waals surface area contributed by atoms with Crippen LogP contribution in [0.4, 0.5) is 0 Å². The molecular weight excluding hydrogens is 364 g/mol. The summed E-state index contributed by atoms with van der Waals surface area (Å²) in [5, 5.41) is 0. The van der Waals surface area contributed by atoms with Crippen LogP contribution in [0.2, 0.25) is 0 Å². The van der Waals surface area contributed by atoms with Gasteiger partial charge in [-0.2, -0.15) is 0 Å². The zero-order valence-electron chi connectivity index (χ0n) is 15.4. The first-order valence-electron chi connectivity index (χ1n) is 8.76.